The van der Waals surface area contributed by atoms with E-state index in [2.05, 4.69) is 5.32 Å². The summed E-state index contributed by atoms with van der Waals surface area (Å²) in [7, 11) is 0. The van der Waals surface area contributed by atoms with Crippen LogP contribution in [-0.2, 0) is 6.54 Å². The van der Waals surface area contributed by atoms with Crippen LogP contribution in [0.25, 0.3) is 0 Å². The summed E-state index contributed by atoms with van der Waals surface area (Å²) < 4.78 is 0. The van der Waals surface area contributed by atoms with Gasteiger partial charge in [0.15, 0.2) is 0 Å². The Bertz CT molecular complexity index is 312. The molecule has 0 atom stereocenters. The molecule has 0 bridgehead atoms. The Morgan fingerprint density at radius 3 is 2.29 bits per heavy atom. The fourth-order valence-corrected chi connectivity index (χ4v) is 2.60. The number of aromatic hydroxyl groups is 1. The summed E-state index contributed by atoms with van der Waals surface area (Å²) in [6, 6.07) is 7.47. The normalized spacial score (nSPS) is 17.9. The van der Waals surface area contributed by atoms with E-state index >= 15 is 0 Å². The topological polar surface area (TPSA) is 32.3 Å². The Morgan fingerprint density at radius 2 is 1.65 bits per heavy atom. The standard InChI is InChI=1S/C15H23NO/c17-15-9-7-14(8-10-15)12-16-11-13-5-3-1-2-4-6-13/h7-10,13,16-17H,1-6,11-12H2. The van der Waals surface area contributed by atoms with Gasteiger partial charge in [0.05, 0.1) is 0 Å². The second-order valence-electron chi connectivity index (χ2n) is 5.15. The molecule has 1 aromatic carbocycles. The van der Waals surface area contributed by atoms with Gasteiger partial charge in [-0.1, -0.05) is 37.8 Å². The lowest BCUT2D eigenvalue weighted by atomic mass is 10.0. The minimum absolute atomic E-state index is 0.345. The van der Waals surface area contributed by atoms with E-state index in [0.29, 0.717) is 5.75 Å². The lowest BCUT2D eigenvalue weighted by Gasteiger charge is -2.14. The summed E-state index contributed by atoms with van der Waals surface area (Å²) in [5.41, 5.74) is 1.25. The van der Waals surface area contributed by atoms with Crippen molar-refractivity contribution in [1.29, 1.82) is 0 Å². The molecule has 0 heterocycles. The van der Waals surface area contributed by atoms with Gasteiger partial charge >= 0.3 is 0 Å². The maximum absolute atomic E-state index is 9.20. The molecule has 0 amide bonds. The highest BCUT2D eigenvalue weighted by molar-refractivity contribution is 5.25. The van der Waals surface area contributed by atoms with Gasteiger partial charge in [0.25, 0.3) is 0 Å². The smallest absolute Gasteiger partial charge is 0.115 e. The third-order valence-electron chi connectivity index (χ3n) is 3.67. The van der Waals surface area contributed by atoms with Crippen molar-refractivity contribution >= 4 is 0 Å². The van der Waals surface area contributed by atoms with Crippen LogP contribution < -0.4 is 5.32 Å². The van der Waals surface area contributed by atoms with Crippen molar-refractivity contribution in [3.8, 4) is 5.75 Å². The molecule has 0 radical (unpaired) electrons. The van der Waals surface area contributed by atoms with Crippen LogP contribution in [0.15, 0.2) is 24.3 Å². The highest BCUT2D eigenvalue weighted by atomic mass is 16.3. The molecule has 2 nitrogen and oxygen atoms in total. The van der Waals surface area contributed by atoms with Crippen molar-refractivity contribution in [2.45, 2.75) is 45.1 Å². The van der Waals surface area contributed by atoms with Crippen LogP contribution in [-0.4, -0.2) is 11.7 Å². The number of benzene rings is 1. The molecule has 1 aliphatic carbocycles. The van der Waals surface area contributed by atoms with Gasteiger partial charge in [0, 0.05) is 6.54 Å². The number of rotatable bonds is 4. The van der Waals surface area contributed by atoms with Gasteiger partial charge in [-0.2, -0.15) is 0 Å². The van der Waals surface area contributed by atoms with Gasteiger partial charge in [-0.05, 0) is 43.0 Å². The van der Waals surface area contributed by atoms with Crippen LogP contribution in [0.1, 0.15) is 44.1 Å². The fraction of sp³-hybridized carbons (Fsp3) is 0.600. The highest BCUT2D eigenvalue weighted by Crippen LogP contribution is 2.22. The van der Waals surface area contributed by atoms with E-state index in [0.717, 1.165) is 19.0 Å². The Morgan fingerprint density at radius 1 is 1.00 bits per heavy atom. The number of phenolic OH excluding ortho intramolecular Hbond substituents is 1. The average Bonchev–Trinajstić information content (AvgIpc) is 2.60. The van der Waals surface area contributed by atoms with Crippen LogP contribution in [0.3, 0.4) is 0 Å². The lowest BCUT2D eigenvalue weighted by molar-refractivity contribution is 0.425. The van der Waals surface area contributed by atoms with E-state index in [1.54, 1.807) is 12.1 Å². The zero-order chi connectivity index (χ0) is 11.9. The fourth-order valence-electron chi connectivity index (χ4n) is 2.60. The third-order valence-corrected chi connectivity index (χ3v) is 3.67. The first-order valence-corrected chi connectivity index (χ1v) is 6.83. The molecule has 17 heavy (non-hydrogen) atoms. The Kier molecular flexibility index (Phi) is 4.87. The summed E-state index contributed by atoms with van der Waals surface area (Å²) in [4.78, 5) is 0. The van der Waals surface area contributed by atoms with Crippen molar-refractivity contribution < 1.29 is 5.11 Å². The number of nitrogens with one attached hydrogen (secondary N) is 1. The van der Waals surface area contributed by atoms with Gasteiger partial charge < -0.3 is 10.4 Å². The van der Waals surface area contributed by atoms with Crippen LogP contribution in [0.2, 0.25) is 0 Å². The van der Waals surface area contributed by atoms with E-state index in [1.807, 2.05) is 12.1 Å². The molecule has 0 spiro atoms. The molecule has 2 heteroatoms. The molecular weight excluding hydrogens is 210 g/mol. The molecule has 0 saturated heterocycles. The van der Waals surface area contributed by atoms with Crippen LogP contribution in [0, 0.1) is 5.92 Å². The van der Waals surface area contributed by atoms with Gasteiger partial charge in [-0.15, -0.1) is 0 Å². The second-order valence-corrected chi connectivity index (χ2v) is 5.15. The lowest BCUT2D eigenvalue weighted by Crippen LogP contribution is -2.22. The first-order chi connectivity index (χ1) is 8.34. The Hall–Kier alpha value is -1.02. The number of hydrogen-bond donors (Lipinski definition) is 2. The summed E-state index contributed by atoms with van der Waals surface area (Å²) in [5.74, 6) is 1.21. The predicted molar refractivity (Wildman–Crippen MR) is 71.0 cm³/mol. The quantitative estimate of drug-likeness (QED) is 0.781. The maximum atomic E-state index is 9.20. The number of phenols is 1. The van der Waals surface area contributed by atoms with Crippen molar-refractivity contribution in [2.75, 3.05) is 6.54 Å². The molecule has 1 saturated carbocycles. The summed E-state index contributed by atoms with van der Waals surface area (Å²) in [6.45, 7) is 2.05. The molecule has 0 aliphatic heterocycles. The van der Waals surface area contributed by atoms with Gasteiger partial charge in [-0.25, -0.2) is 0 Å². The van der Waals surface area contributed by atoms with Crippen molar-refractivity contribution in [1.82, 2.24) is 5.32 Å². The minimum atomic E-state index is 0.345. The Labute approximate surface area is 104 Å². The van der Waals surface area contributed by atoms with E-state index in [4.69, 9.17) is 0 Å². The third kappa shape index (κ3) is 4.39. The second kappa shape index (κ2) is 6.65. The Balaban J connectivity index is 1.69. The molecule has 2 rings (SSSR count). The predicted octanol–water partition coefficient (Wildman–Crippen LogP) is 3.45. The van der Waals surface area contributed by atoms with Crippen LogP contribution in [0.4, 0.5) is 0 Å². The minimum Gasteiger partial charge on any atom is -0.508 e. The highest BCUT2D eigenvalue weighted by Gasteiger charge is 2.11. The van der Waals surface area contributed by atoms with Gasteiger partial charge in [0.1, 0.15) is 5.75 Å². The van der Waals surface area contributed by atoms with Crippen molar-refractivity contribution in [3.05, 3.63) is 29.8 Å². The van der Waals surface area contributed by atoms with E-state index in [-0.39, 0.29) is 0 Å². The van der Waals surface area contributed by atoms with E-state index < -0.39 is 0 Å². The molecular formula is C15H23NO. The number of hydrogen-bond acceptors (Lipinski definition) is 2. The van der Waals surface area contributed by atoms with Gasteiger partial charge in [0.2, 0.25) is 0 Å². The largest absolute Gasteiger partial charge is 0.508 e. The molecule has 0 unspecified atom stereocenters. The van der Waals surface area contributed by atoms with Crippen molar-refractivity contribution in [2.24, 2.45) is 5.92 Å². The molecule has 94 valence electrons. The average molecular weight is 233 g/mol. The van der Waals surface area contributed by atoms with Crippen LogP contribution >= 0.6 is 0 Å². The molecule has 0 aromatic heterocycles. The summed E-state index contributed by atoms with van der Waals surface area (Å²) in [6.07, 6.45) is 8.45. The molecule has 1 aromatic rings. The van der Waals surface area contributed by atoms with Crippen molar-refractivity contribution in [3.63, 3.8) is 0 Å². The van der Waals surface area contributed by atoms with E-state index in [9.17, 15) is 5.11 Å². The molecule has 1 fully saturated rings. The zero-order valence-corrected chi connectivity index (χ0v) is 10.5. The monoisotopic (exact) mass is 233 g/mol. The first kappa shape index (κ1) is 12.4. The van der Waals surface area contributed by atoms with Gasteiger partial charge in [-0.3, -0.25) is 0 Å². The summed E-state index contributed by atoms with van der Waals surface area (Å²) >= 11 is 0. The SMILES string of the molecule is Oc1ccc(CNCC2CCCCCC2)cc1. The first-order valence-electron chi connectivity index (χ1n) is 6.83. The molecule has 1 aliphatic rings. The van der Waals surface area contributed by atoms with E-state index in [1.165, 1.54) is 44.1 Å². The van der Waals surface area contributed by atoms with Crippen LogP contribution in [0.5, 0.6) is 5.75 Å². The zero-order valence-electron chi connectivity index (χ0n) is 10.5. The summed E-state index contributed by atoms with van der Waals surface area (Å²) in [5, 5.41) is 12.7. The maximum Gasteiger partial charge on any atom is 0.115 e. The molecule has 2 N–H and O–H groups in total.